The lowest BCUT2D eigenvalue weighted by atomic mass is 10.2. The van der Waals surface area contributed by atoms with Crippen LogP contribution in [0.1, 0.15) is 38.5 Å². The number of para-hydroxylation sites is 2. The van der Waals surface area contributed by atoms with Gasteiger partial charge in [-0.3, -0.25) is 0 Å². The zero-order valence-corrected chi connectivity index (χ0v) is 18.6. The number of aryl methyl sites for hydroxylation is 2. The Hall–Kier alpha value is -3.62. The maximum atomic E-state index is 3.21. The van der Waals surface area contributed by atoms with Gasteiger partial charge < -0.3 is 0 Å². The Balaban J connectivity index is 1.12. The summed E-state index contributed by atoms with van der Waals surface area (Å²) >= 11 is 0. The fourth-order valence-electron chi connectivity index (χ4n) is 4.04. The standard InChI is InChI=1S/C30H30N2/c1(3-5-7-13-23-31-25-15-19-27-17-9-11-21-29(27)31)2-4-6-8-14-24-32-26-16-20-28-18-10-12-22-30(28)32/h9-12,15-22,25-26H,5-8,13-14,23-24H2/q+2. The normalized spacial score (nSPS) is 10.4. The number of hydrogen-bond donors (Lipinski definition) is 0. The van der Waals surface area contributed by atoms with E-state index in [-0.39, 0.29) is 0 Å². The Labute approximate surface area is 191 Å². The molecule has 0 aliphatic heterocycles. The summed E-state index contributed by atoms with van der Waals surface area (Å²) in [6.45, 7) is 2.06. The largest absolute Gasteiger partial charge is 0.212 e. The van der Waals surface area contributed by atoms with Crippen molar-refractivity contribution in [2.75, 3.05) is 0 Å². The minimum Gasteiger partial charge on any atom is -0.198 e. The van der Waals surface area contributed by atoms with E-state index < -0.39 is 0 Å². The topological polar surface area (TPSA) is 7.76 Å². The Kier molecular flexibility index (Phi) is 7.89. The predicted octanol–water partition coefficient (Wildman–Crippen LogP) is 5.62. The summed E-state index contributed by atoms with van der Waals surface area (Å²) in [6, 6.07) is 25.7. The molecule has 0 fully saturated rings. The second-order valence-electron chi connectivity index (χ2n) is 8.04. The van der Waals surface area contributed by atoms with Crippen molar-refractivity contribution in [3.05, 3.63) is 85.2 Å². The van der Waals surface area contributed by atoms with Gasteiger partial charge in [0.25, 0.3) is 0 Å². The number of fused-ring (bicyclic) bond motifs is 2. The highest BCUT2D eigenvalue weighted by atomic mass is 14.9. The number of benzene rings is 2. The fraction of sp³-hybridized carbons (Fsp3) is 0.267. The lowest BCUT2D eigenvalue weighted by Gasteiger charge is -2.00. The molecule has 2 heterocycles. The Morgan fingerprint density at radius 2 is 0.938 bits per heavy atom. The van der Waals surface area contributed by atoms with Gasteiger partial charge in [-0.1, -0.05) is 36.1 Å². The summed E-state index contributed by atoms with van der Waals surface area (Å²) in [4.78, 5) is 0. The highest BCUT2D eigenvalue weighted by Crippen LogP contribution is 2.09. The number of nitrogens with zero attached hydrogens (tertiary/aromatic N) is 2. The summed E-state index contributed by atoms with van der Waals surface area (Å²) in [5.74, 6) is 12.5. The maximum absolute atomic E-state index is 3.21. The first-order valence-electron chi connectivity index (χ1n) is 11.6. The molecule has 0 aliphatic rings. The number of rotatable bonds is 8. The van der Waals surface area contributed by atoms with Gasteiger partial charge in [0.2, 0.25) is 11.0 Å². The van der Waals surface area contributed by atoms with Crippen LogP contribution in [0.3, 0.4) is 0 Å². The van der Waals surface area contributed by atoms with Crippen LogP contribution in [0.15, 0.2) is 85.2 Å². The maximum Gasteiger partial charge on any atom is 0.212 e. The van der Waals surface area contributed by atoms with E-state index in [1.54, 1.807) is 0 Å². The van der Waals surface area contributed by atoms with E-state index in [9.17, 15) is 0 Å². The van der Waals surface area contributed by atoms with Crippen molar-refractivity contribution in [1.29, 1.82) is 0 Å². The van der Waals surface area contributed by atoms with Crippen molar-refractivity contribution in [3.63, 3.8) is 0 Å². The molecule has 2 nitrogen and oxygen atoms in total. The van der Waals surface area contributed by atoms with Crippen molar-refractivity contribution < 1.29 is 9.13 Å². The van der Waals surface area contributed by atoms with Crippen LogP contribution in [0.5, 0.6) is 0 Å². The summed E-state index contributed by atoms with van der Waals surface area (Å²) in [6.07, 6.45) is 10.6. The molecule has 0 radical (unpaired) electrons. The third kappa shape index (κ3) is 5.96. The average Bonchev–Trinajstić information content (AvgIpc) is 2.85. The smallest absolute Gasteiger partial charge is 0.198 e. The molecule has 32 heavy (non-hydrogen) atoms. The molecule has 0 saturated carbocycles. The van der Waals surface area contributed by atoms with Crippen molar-refractivity contribution in [3.8, 4) is 23.7 Å². The molecule has 4 rings (SSSR count). The van der Waals surface area contributed by atoms with Crippen LogP contribution >= 0.6 is 0 Å². The monoisotopic (exact) mass is 418 g/mol. The van der Waals surface area contributed by atoms with Crippen molar-refractivity contribution in [2.45, 2.75) is 51.6 Å². The van der Waals surface area contributed by atoms with Crippen LogP contribution < -0.4 is 9.13 Å². The Morgan fingerprint density at radius 1 is 0.500 bits per heavy atom. The number of hydrogen-bond acceptors (Lipinski definition) is 0. The van der Waals surface area contributed by atoms with Crippen molar-refractivity contribution in [2.24, 2.45) is 0 Å². The van der Waals surface area contributed by atoms with E-state index >= 15 is 0 Å². The molecular weight excluding hydrogens is 388 g/mol. The van der Waals surface area contributed by atoms with Gasteiger partial charge in [-0.2, -0.15) is 9.13 Å². The third-order valence-corrected chi connectivity index (χ3v) is 5.72. The first-order valence-corrected chi connectivity index (χ1v) is 11.6. The first kappa shape index (κ1) is 21.6. The van der Waals surface area contributed by atoms with Crippen LogP contribution in [0, 0.1) is 23.7 Å². The summed E-state index contributed by atoms with van der Waals surface area (Å²) in [7, 11) is 0. The minimum atomic E-state index is 0.914. The molecule has 0 spiro atoms. The fourth-order valence-corrected chi connectivity index (χ4v) is 4.04. The summed E-state index contributed by atoms with van der Waals surface area (Å²) in [5.41, 5.74) is 2.59. The van der Waals surface area contributed by atoms with E-state index in [0.29, 0.717) is 0 Å². The molecule has 158 valence electrons. The van der Waals surface area contributed by atoms with E-state index in [2.05, 4.69) is 118 Å². The zero-order valence-electron chi connectivity index (χ0n) is 18.6. The van der Waals surface area contributed by atoms with Gasteiger partial charge in [-0.25, -0.2) is 0 Å². The lowest BCUT2D eigenvalue weighted by Crippen LogP contribution is -2.33. The third-order valence-electron chi connectivity index (χ3n) is 5.72. The lowest BCUT2D eigenvalue weighted by molar-refractivity contribution is -0.672. The zero-order chi connectivity index (χ0) is 21.8. The van der Waals surface area contributed by atoms with E-state index in [4.69, 9.17) is 0 Å². The molecular formula is C30H30N2+2. The molecule has 0 bridgehead atoms. The van der Waals surface area contributed by atoms with E-state index in [1.807, 2.05) is 0 Å². The molecule has 0 aliphatic carbocycles. The number of unbranched alkanes of at least 4 members (excludes halogenated alkanes) is 4. The van der Waals surface area contributed by atoms with E-state index in [0.717, 1.165) is 51.6 Å². The second-order valence-corrected chi connectivity index (χ2v) is 8.04. The average molecular weight is 419 g/mol. The highest BCUT2D eigenvalue weighted by molar-refractivity contribution is 5.75. The van der Waals surface area contributed by atoms with Gasteiger partial charge in [0.1, 0.15) is 13.1 Å². The Morgan fingerprint density at radius 3 is 1.44 bits per heavy atom. The number of aromatic nitrogens is 2. The molecule has 0 amide bonds. The molecule has 2 aromatic heterocycles. The van der Waals surface area contributed by atoms with Crippen LogP contribution in [0.2, 0.25) is 0 Å². The van der Waals surface area contributed by atoms with Crippen LogP contribution in [-0.2, 0) is 13.1 Å². The van der Waals surface area contributed by atoms with Gasteiger partial charge >= 0.3 is 0 Å². The predicted molar refractivity (Wildman–Crippen MR) is 132 cm³/mol. The van der Waals surface area contributed by atoms with Gasteiger partial charge in [-0.05, 0) is 48.9 Å². The van der Waals surface area contributed by atoms with E-state index in [1.165, 1.54) is 21.8 Å². The summed E-state index contributed by atoms with van der Waals surface area (Å²) < 4.78 is 4.66. The highest BCUT2D eigenvalue weighted by Gasteiger charge is 2.07. The minimum absolute atomic E-state index is 0.914. The molecule has 0 atom stereocenters. The van der Waals surface area contributed by atoms with Gasteiger partial charge in [0.15, 0.2) is 12.4 Å². The molecule has 4 aromatic rings. The SMILES string of the molecule is C(C#CCCCC[n+]1cccc2ccccc21)#CCCCC[n+]1cccc2ccccc21. The molecule has 2 aromatic carbocycles. The van der Waals surface area contributed by atoms with Gasteiger partial charge in [-0.15, -0.1) is 0 Å². The molecule has 0 N–H and O–H groups in total. The van der Waals surface area contributed by atoms with Crippen molar-refractivity contribution in [1.82, 2.24) is 0 Å². The van der Waals surface area contributed by atoms with Crippen molar-refractivity contribution >= 4 is 21.8 Å². The molecule has 2 heteroatoms. The Bertz CT molecular complexity index is 1180. The van der Waals surface area contributed by atoms with Crippen LogP contribution in [-0.4, -0.2) is 0 Å². The van der Waals surface area contributed by atoms with Gasteiger partial charge in [0, 0.05) is 60.7 Å². The quantitative estimate of drug-likeness (QED) is 0.199. The first-order chi connectivity index (χ1) is 15.9. The molecule has 0 saturated heterocycles. The van der Waals surface area contributed by atoms with Crippen LogP contribution in [0.4, 0.5) is 0 Å². The number of pyridine rings is 2. The van der Waals surface area contributed by atoms with Crippen LogP contribution in [0.25, 0.3) is 21.8 Å². The van der Waals surface area contributed by atoms with Gasteiger partial charge in [0.05, 0.1) is 0 Å². The molecule has 0 unspecified atom stereocenters. The summed E-state index contributed by atoms with van der Waals surface area (Å²) in [5, 5.41) is 2.58. The second kappa shape index (κ2) is 11.7.